The molecule has 0 bridgehead atoms. The minimum atomic E-state index is 0.736. The first-order valence-electron chi connectivity index (χ1n) is 5.97. The molecule has 1 N–H and O–H groups in total. The molecule has 0 aromatic rings. The first-order chi connectivity index (χ1) is 7.38. The van der Waals surface area contributed by atoms with Crippen molar-refractivity contribution in [2.24, 2.45) is 0 Å². The molecular weight excluding hydrogens is 224 g/mol. The summed E-state index contributed by atoms with van der Waals surface area (Å²) in [6.45, 7) is 3.90. The summed E-state index contributed by atoms with van der Waals surface area (Å²) in [5, 5.41) is 4.31. The molecule has 0 aromatic carbocycles. The Balaban J connectivity index is 1.72. The highest BCUT2D eigenvalue weighted by Gasteiger charge is 2.22. The van der Waals surface area contributed by atoms with Crippen LogP contribution in [0.1, 0.15) is 12.8 Å². The number of nitrogens with one attached hydrogen (secondary N) is 1. The van der Waals surface area contributed by atoms with E-state index in [-0.39, 0.29) is 0 Å². The van der Waals surface area contributed by atoms with Crippen molar-refractivity contribution >= 4 is 23.5 Å². The Labute approximate surface area is 102 Å². The summed E-state index contributed by atoms with van der Waals surface area (Å²) in [5.74, 6) is 4.09. The van der Waals surface area contributed by atoms with Gasteiger partial charge in [-0.15, -0.1) is 0 Å². The van der Waals surface area contributed by atoms with Crippen molar-refractivity contribution in [3.8, 4) is 0 Å². The van der Waals surface area contributed by atoms with Gasteiger partial charge in [0, 0.05) is 41.6 Å². The molecule has 2 unspecified atom stereocenters. The first-order valence-corrected chi connectivity index (χ1v) is 8.18. The molecule has 2 aliphatic heterocycles. The van der Waals surface area contributed by atoms with Crippen LogP contribution in [0.15, 0.2) is 0 Å². The molecule has 88 valence electrons. The van der Waals surface area contributed by atoms with Crippen LogP contribution < -0.4 is 5.32 Å². The van der Waals surface area contributed by atoms with E-state index < -0.39 is 0 Å². The van der Waals surface area contributed by atoms with Gasteiger partial charge in [-0.2, -0.15) is 23.5 Å². The molecule has 0 aromatic heterocycles. The van der Waals surface area contributed by atoms with E-state index in [1.807, 2.05) is 0 Å². The summed E-state index contributed by atoms with van der Waals surface area (Å²) in [7, 11) is 2.10. The second-order valence-corrected chi connectivity index (χ2v) is 7.01. The van der Waals surface area contributed by atoms with Gasteiger partial charge in [0.25, 0.3) is 0 Å². The van der Waals surface area contributed by atoms with Gasteiger partial charge in [-0.05, 0) is 26.4 Å². The molecule has 4 heteroatoms. The van der Waals surface area contributed by atoms with E-state index in [4.69, 9.17) is 0 Å². The molecule has 0 aliphatic carbocycles. The lowest BCUT2D eigenvalue weighted by Gasteiger charge is -2.35. The van der Waals surface area contributed by atoms with E-state index in [0.29, 0.717) is 0 Å². The average molecular weight is 246 g/mol. The minimum Gasteiger partial charge on any atom is -0.316 e. The van der Waals surface area contributed by atoms with Crippen LogP contribution in [0.5, 0.6) is 0 Å². The third kappa shape index (κ3) is 3.84. The van der Waals surface area contributed by atoms with Crippen LogP contribution >= 0.6 is 23.5 Å². The number of piperidine rings is 1. The van der Waals surface area contributed by atoms with Gasteiger partial charge in [-0.25, -0.2) is 0 Å². The second kappa shape index (κ2) is 6.38. The van der Waals surface area contributed by atoms with Gasteiger partial charge in [0.2, 0.25) is 0 Å². The SMILES string of the molecule is CNC1CCCN(CC2CSCCS2)C1. The van der Waals surface area contributed by atoms with Crippen molar-refractivity contribution in [2.45, 2.75) is 24.1 Å². The zero-order valence-corrected chi connectivity index (χ0v) is 11.2. The molecule has 0 spiro atoms. The summed E-state index contributed by atoms with van der Waals surface area (Å²) in [6, 6.07) is 0.736. The number of hydrogen-bond donors (Lipinski definition) is 1. The smallest absolute Gasteiger partial charge is 0.0265 e. The summed E-state index contributed by atoms with van der Waals surface area (Å²) in [4.78, 5) is 2.66. The largest absolute Gasteiger partial charge is 0.316 e. The predicted octanol–water partition coefficient (Wildman–Crippen LogP) is 1.52. The maximum Gasteiger partial charge on any atom is 0.0265 e. The van der Waals surface area contributed by atoms with Gasteiger partial charge in [-0.3, -0.25) is 0 Å². The molecule has 2 fully saturated rings. The second-order valence-electron chi connectivity index (χ2n) is 4.46. The highest BCUT2D eigenvalue weighted by molar-refractivity contribution is 8.06. The molecule has 15 heavy (non-hydrogen) atoms. The molecule has 0 radical (unpaired) electrons. The highest BCUT2D eigenvalue weighted by Crippen LogP contribution is 2.25. The minimum absolute atomic E-state index is 0.736. The van der Waals surface area contributed by atoms with Crippen LogP contribution in [0.3, 0.4) is 0 Å². The Kier molecular flexibility index (Phi) is 5.14. The van der Waals surface area contributed by atoms with Crippen LogP contribution in [0, 0.1) is 0 Å². The van der Waals surface area contributed by atoms with Crippen LogP contribution in [0.25, 0.3) is 0 Å². The lowest BCUT2D eigenvalue weighted by Crippen LogP contribution is -2.47. The molecular formula is C11H22N2S2. The Morgan fingerprint density at radius 1 is 1.40 bits per heavy atom. The molecule has 2 nitrogen and oxygen atoms in total. The number of nitrogens with zero attached hydrogens (tertiary/aromatic N) is 1. The van der Waals surface area contributed by atoms with E-state index in [0.717, 1.165) is 11.3 Å². The van der Waals surface area contributed by atoms with Crippen molar-refractivity contribution in [3.63, 3.8) is 0 Å². The van der Waals surface area contributed by atoms with Gasteiger partial charge >= 0.3 is 0 Å². The monoisotopic (exact) mass is 246 g/mol. The van der Waals surface area contributed by atoms with E-state index in [2.05, 4.69) is 40.8 Å². The Hall–Kier alpha value is 0.620. The number of likely N-dealkylation sites (N-methyl/N-ethyl adjacent to an activating group) is 1. The Morgan fingerprint density at radius 2 is 2.33 bits per heavy atom. The molecule has 2 heterocycles. The quantitative estimate of drug-likeness (QED) is 0.812. The molecule has 2 saturated heterocycles. The van der Waals surface area contributed by atoms with Crippen molar-refractivity contribution in [1.82, 2.24) is 10.2 Å². The summed E-state index contributed by atoms with van der Waals surface area (Å²) < 4.78 is 0. The molecule has 2 aliphatic rings. The summed E-state index contributed by atoms with van der Waals surface area (Å²) >= 11 is 4.32. The topological polar surface area (TPSA) is 15.3 Å². The van der Waals surface area contributed by atoms with Crippen LogP contribution in [0.4, 0.5) is 0 Å². The predicted molar refractivity (Wildman–Crippen MR) is 72.1 cm³/mol. The van der Waals surface area contributed by atoms with Crippen molar-refractivity contribution in [1.29, 1.82) is 0 Å². The Bertz CT molecular complexity index is 183. The average Bonchev–Trinajstić information content (AvgIpc) is 2.31. The van der Waals surface area contributed by atoms with Gasteiger partial charge in [0.15, 0.2) is 0 Å². The highest BCUT2D eigenvalue weighted by atomic mass is 32.2. The third-order valence-corrected chi connectivity index (χ3v) is 6.09. The van der Waals surface area contributed by atoms with Gasteiger partial charge in [-0.1, -0.05) is 0 Å². The summed E-state index contributed by atoms with van der Waals surface area (Å²) in [5.41, 5.74) is 0. The molecule has 0 amide bonds. The third-order valence-electron chi connectivity index (χ3n) is 3.26. The fraction of sp³-hybridized carbons (Fsp3) is 1.00. The fourth-order valence-corrected chi connectivity index (χ4v) is 5.10. The summed E-state index contributed by atoms with van der Waals surface area (Å²) in [6.07, 6.45) is 2.73. The van der Waals surface area contributed by atoms with E-state index in [1.54, 1.807) is 0 Å². The first kappa shape index (κ1) is 12.1. The standard InChI is InChI=1S/C11H22N2S2/c1-12-10-3-2-4-13(7-10)8-11-9-14-5-6-15-11/h10-12H,2-9H2,1H3. The van der Waals surface area contributed by atoms with Crippen molar-refractivity contribution < 1.29 is 0 Å². The molecule has 2 atom stereocenters. The van der Waals surface area contributed by atoms with Crippen LogP contribution in [-0.2, 0) is 0 Å². The maximum atomic E-state index is 3.42. The van der Waals surface area contributed by atoms with Gasteiger partial charge in [0.1, 0.15) is 0 Å². The van der Waals surface area contributed by atoms with E-state index in [9.17, 15) is 0 Å². The van der Waals surface area contributed by atoms with Crippen LogP contribution in [-0.4, -0.2) is 60.1 Å². The normalized spacial score (nSPS) is 34.2. The zero-order chi connectivity index (χ0) is 10.5. The van der Waals surface area contributed by atoms with E-state index in [1.165, 1.54) is 49.7 Å². The number of thioether (sulfide) groups is 2. The number of rotatable bonds is 3. The molecule has 2 rings (SSSR count). The van der Waals surface area contributed by atoms with Gasteiger partial charge < -0.3 is 10.2 Å². The molecule has 0 saturated carbocycles. The van der Waals surface area contributed by atoms with E-state index >= 15 is 0 Å². The van der Waals surface area contributed by atoms with Crippen LogP contribution in [0.2, 0.25) is 0 Å². The fourth-order valence-electron chi connectivity index (χ4n) is 2.39. The van der Waals surface area contributed by atoms with Crippen molar-refractivity contribution in [3.05, 3.63) is 0 Å². The lowest BCUT2D eigenvalue weighted by molar-refractivity contribution is 0.198. The number of hydrogen-bond acceptors (Lipinski definition) is 4. The zero-order valence-electron chi connectivity index (χ0n) is 9.58. The maximum absolute atomic E-state index is 3.42. The Morgan fingerprint density at radius 3 is 3.07 bits per heavy atom. The lowest BCUT2D eigenvalue weighted by atomic mass is 10.1. The van der Waals surface area contributed by atoms with Crippen molar-refractivity contribution in [2.75, 3.05) is 43.9 Å². The van der Waals surface area contributed by atoms with Gasteiger partial charge in [0.05, 0.1) is 0 Å². The number of likely N-dealkylation sites (tertiary alicyclic amines) is 1.